The Hall–Kier alpha value is -0.610. The third-order valence-electron chi connectivity index (χ3n) is 2.67. The van der Waals surface area contributed by atoms with Gasteiger partial charge in [-0.3, -0.25) is 0 Å². The van der Waals surface area contributed by atoms with Crippen molar-refractivity contribution in [2.75, 3.05) is 19.6 Å². The molecule has 0 aliphatic heterocycles. The van der Waals surface area contributed by atoms with Crippen LogP contribution in [0, 0.1) is 0 Å². The van der Waals surface area contributed by atoms with Gasteiger partial charge in [-0.05, 0) is 61.7 Å². The summed E-state index contributed by atoms with van der Waals surface area (Å²) in [5.74, 6) is 0. The molecule has 0 aliphatic rings. The summed E-state index contributed by atoms with van der Waals surface area (Å²) in [7, 11) is 0. The minimum atomic E-state index is 0.601. The zero-order chi connectivity index (χ0) is 12.0. The molecule has 0 bridgehead atoms. The van der Waals surface area contributed by atoms with Crippen LogP contribution in [0.5, 0.6) is 0 Å². The molecule has 0 spiro atoms. The van der Waals surface area contributed by atoms with Crippen LogP contribution in [-0.2, 0) is 19.3 Å². The molecule has 3 nitrogen and oxygen atoms in total. The molecule has 0 unspecified atom stereocenters. The Morgan fingerprint density at radius 3 is 1.94 bits per heavy atom. The highest BCUT2D eigenvalue weighted by Gasteiger charge is 2.10. The van der Waals surface area contributed by atoms with Crippen LogP contribution >= 0.6 is 11.6 Å². The maximum Gasteiger partial charge on any atom is 0.0441 e. The Kier molecular flexibility index (Phi) is 5.77. The van der Waals surface area contributed by atoms with E-state index in [1.54, 1.807) is 0 Å². The van der Waals surface area contributed by atoms with E-state index in [0.29, 0.717) is 19.6 Å². The van der Waals surface area contributed by atoms with Crippen LogP contribution in [0.1, 0.15) is 16.7 Å². The van der Waals surface area contributed by atoms with Gasteiger partial charge in [0.15, 0.2) is 0 Å². The highest BCUT2D eigenvalue weighted by atomic mass is 35.5. The smallest absolute Gasteiger partial charge is 0.0441 e. The van der Waals surface area contributed by atoms with E-state index in [9.17, 15) is 0 Å². The SMILES string of the molecule is NCCc1ccc(Cl)c(CCN)c1CCN. The van der Waals surface area contributed by atoms with Crippen LogP contribution in [0.4, 0.5) is 0 Å². The molecule has 0 fully saturated rings. The summed E-state index contributed by atoms with van der Waals surface area (Å²) in [5.41, 5.74) is 20.5. The Balaban J connectivity index is 3.14. The second-order valence-electron chi connectivity index (χ2n) is 3.78. The van der Waals surface area contributed by atoms with Gasteiger partial charge in [0, 0.05) is 5.02 Å². The zero-order valence-corrected chi connectivity index (χ0v) is 10.3. The average Bonchev–Trinajstić information content (AvgIpc) is 2.27. The molecule has 0 saturated carbocycles. The standard InChI is InChI=1S/C12H20ClN3/c13-12-2-1-9(3-6-14)10(4-7-15)11(12)5-8-16/h1-2H,3-8,14-16H2. The Morgan fingerprint density at radius 2 is 1.38 bits per heavy atom. The lowest BCUT2D eigenvalue weighted by Crippen LogP contribution is -2.14. The quantitative estimate of drug-likeness (QED) is 0.691. The summed E-state index contributed by atoms with van der Waals surface area (Å²) in [6, 6.07) is 3.97. The zero-order valence-electron chi connectivity index (χ0n) is 9.51. The number of hydrogen-bond donors (Lipinski definition) is 3. The van der Waals surface area contributed by atoms with Crippen molar-refractivity contribution in [3.63, 3.8) is 0 Å². The van der Waals surface area contributed by atoms with Gasteiger partial charge in [0.1, 0.15) is 0 Å². The summed E-state index contributed by atoms with van der Waals surface area (Å²) < 4.78 is 0. The Bertz CT molecular complexity index is 339. The van der Waals surface area contributed by atoms with Crippen LogP contribution in [0.25, 0.3) is 0 Å². The second-order valence-corrected chi connectivity index (χ2v) is 4.19. The van der Waals surface area contributed by atoms with Crippen molar-refractivity contribution in [2.45, 2.75) is 19.3 Å². The lowest BCUT2D eigenvalue weighted by atomic mass is 9.94. The van der Waals surface area contributed by atoms with E-state index in [1.165, 1.54) is 11.1 Å². The first-order valence-electron chi connectivity index (χ1n) is 5.64. The van der Waals surface area contributed by atoms with Crippen molar-refractivity contribution in [3.8, 4) is 0 Å². The van der Waals surface area contributed by atoms with E-state index in [-0.39, 0.29) is 0 Å². The van der Waals surface area contributed by atoms with Crippen molar-refractivity contribution in [3.05, 3.63) is 33.8 Å². The monoisotopic (exact) mass is 241 g/mol. The highest BCUT2D eigenvalue weighted by molar-refractivity contribution is 6.31. The topological polar surface area (TPSA) is 78.1 Å². The van der Waals surface area contributed by atoms with Gasteiger partial charge in [-0.15, -0.1) is 0 Å². The minimum Gasteiger partial charge on any atom is -0.330 e. The summed E-state index contributed by atoms with van der Waals surface area (Å²) in [5, 5.41) is 0.787. The maximum absolute atomic E-state index is 6.19. The van der Waals surface area contributed by atoms with Crippen molar-refractivity contribution < 1.29 is 0 Å². The predicted octanol–water partition coefficient (Wildman–Crippen LogP) is 0.844. The summed E-state index contributed by atoms with van der Waals surface area (Å²) in [6.45, 7) is 1.86. The molecule has 1 aromatic rings. The first kappa shape index (κ1) is 13.5. The molecule has 0 atom stereocenters. The van der Waals surface area contributed by atoms with Gasteiger partial charge in [-0.25, -0.2) is 0 Å². The number of rotatable bonds is 6. The molecule has 1 aromatic carbocycles. The lowest BCUT2D eigenvalue weighted by Gasteiger charge is -2.15. The fourth-order valence-electron chi connectivity index (χ4n) is 1.97. The van der Waals surface area contributed by atoms with Gasteiger partial charge in [0.2, 0.25) is 0 Å². The molecule has 1 rings (SSSR count). The fourth-order valence-corrected chi connectivity index (χ4v) is 2.24. The number of hydrogen-bond acceptors (Lipinski definition) is 3. The molecule has 0 saturated heterocycles. The van der Waals surface area contributed by atoms with Crippen LogP contribution < -0.4 is 17.2 Å². The highest BCUT2D eigenvalue weighted by Crippen LogP contribution is 2.24. The molecule has 6 N–H and O–H groups in total. The van der Waals surface area contributed by atoms with Crippen molar-refractivity contribution in [1.82, 2.24) is 0 Å². The van der Waals surface area contributed by atoms with E-state index in [4.69, 9.17) is 28.8 Å². The molecule has 0 heterocycles. The van der Waals surface area contributed by atoms with Gasteiger partial charge in [0.25, 0.3) is 0 Å². The summed E-state index contributed by atoms with van der Waals surface area (Å²) in [4.78, 5) is 0. The molecule has 0 aliphatic carbocycles. The van der Waals surface area contributed by atoms with Crippen LogP contribution in [0.15, 0.2) is 12.1 Å². The Morgan fingerprint density at radius 1 is 0.812 bits per heavy atom. The van der Waals surface area contributed by atoms with Crippen LogP contribution in [0.3, 0.4) is 0 Å². The number of nitrogens with two attached hydrogens (primary N) is 3. The fraction of sp³-hybridized carbons (Fsp3) is 0.500. The number of benzene rings is 1. The van der Waals surface area contributed by atoms with E-state index in [1.807, 2.05) is 12.1 Å². The molecule has 90 valence electrons. The van der Waals surface area contributed by atoms with Gasteiger partial charge >= 0.3 is 0 Å². The molecule has 4 heteroatoms. The van der Waals surface area contributed by atoms with Gasteiger partial charge in [0.05, 0.1) is 0 Å². The normalized spacial score (nSPS) is 10.8. The van der Waals surface area contributed by atoms with Crippen molar-refractivity contribution >= 4 is 11.6 Å². The van der Waals surface area contributed by atoms with E-state index in [2.05, 4.69) is 0 Å². The summed E-state index contributed by atoms with van der Waals surface area (Å²) >= 11 is 6.19. The van der Waals surface area contributed by atoms with E-state index >= 15 is 0 Å². The number of halogens is 1. The molecule has 0 amide bonds. The third-order valence-corrected chi connectivity index (χ3v) is 3.03. The molecule has 0 aromatic heterocycles. The van der Waals surface area contributed by atoms with Crippen LogP contribution in [-0.4, -0.2) is 19.6 Å². The van der Waals surface area contributed by atoms with E-state index < -0.39 is 0 Å². The average molecular weight is 242 g/mol. The predicted molar refractivity (Wildman–Crippen MR) is 69.7 cm³/mol. The first-order valence-corrected chi connectivity index (χ1v) is 6.01. The molecule has 16 heavy (non-hydrogen) atoms. The first-order chi connectivity index (χ1) is 7.74. The molecular formula is C12H20ClN3. The maximum atomic E-state index is 6.19. The lowest BCUT2D eigenvalue weighted by molar-refractivity contribution is 0.868. The second kappa shape index (κ2) is 6.86. The minimum absolute atomic E-state index is 0.601. The third kappa shape index (κ3) is 3.19. The molecule has 0 radical (unpaired) electrons. The van der Waals surface area contributed by atoms with Crippen molar-refractivity contribution in [1.29, 1.82) is 0 Å². The van der Waals surface area contributed by atoms with Gasteiger partial charge in [-0.1, -0.05) is 17.7 Å². The van der Waals surface area contributed by atoms with Gasteiger partial charge < -0.3 is 17.2 Å². The van der Waals surface area contributed by atoms with Gasteiger partial charge in [-0.2, -0.15) is 0 Å². The van der Waals surface area contributed by atoms with Crippen LogP contribution in [0.2, 0.25) is 5.02 Å². The molecular weight excluding hydrogens is 222 g/mol. The summed E-state index contributed by atoms with van der Waals surface area (Å²) in [6.07, 6.45) is 2.50. The van der Waals surface area contributed by atoms with E-state index in [0.717, 1.165) is 29.8 Å². The Labute approximate surface area is 102 Å². The van der Waals surface area contributed by atoms with Crippen molar-refractivity contribution in [2.24, 2.45) is 17.2 Å². The largest absolute Gasteiger partial charge is 0.330 e.